The predicted molar refractivity (Wildman–Crippen MR) is 66.9 cm³/mol. The molecule has 0 radical (unpaired) electrons. The quantitative estimate of drug-likeness (QED) is 0.708. The molecule has 0 spiro atoms. The summed E-state index contributed by atoms with van der Waals surface area (Å²) in [4.78, 5) is 11.7. The van der Waals surface area contributed by atoms with Gasteiger partial charge in [0.15, 0.2) is 0 Å². The largest absolute Gasteiger partial charge is 0.384 e. The van der Waals surface area contributed by atoms with Crippen LogP contribution < -0.4 is 5.32 Å². The number of nitrogens with zero attached hydrogens (tertiary/aromatic N) is 1. The molecule has 6 heteroatoms. The first-order valence-electron chi connectivity index (χ1n) is 5.40. The molecule has 5 nitrogen and oxygen atoms in total. The number of hydrogen-bond donors (Lipinski definition) is 3. The minimum Gasteiger partial charge on any atom is -0.384 e. The summed E-state index contributed by atoms with van der Waals surface area (Å²) in [5.74, 6) is 3.87. The van der Waals surface area contributed by atoms with E-state index in [-0.39, 0.29) is 18.1 Å². The summed E-state index contributed by atoms with van der Waals surface area (Å²) < 4.78 is 13.6. The van der Waals surface area contributed by atoms with Gasteiger partial charge < -0.3 is 10.4 Å². The van der Waals surface area contributed by atoms with Crippen LogP contribution in [-0.2, 0) is 0 Å². The van der Waals surface area contributed by atoms with Crippen molar-refractivity contribution in [2.45, 2.75) is 0 Å². The zero-order chi connectivity index (χ0) is 13.7. The van der Waals surface area contributed by atoms with Crippen LogP contribution in [-0.4, -0.2) is 27.8 Å². The van der Waals surface area contributed by atoms with Gasteiger partial charge in [-0.15, -0.1) is 0 Å². The number of benzene rings is 1. The van der Waals surface area contributed by atoms with Gasteiger partial charge in [0.05, 0.1) is 17.3 Å². The van der Waals surface area contributed by atoms with Crippen molar-refractivity contribution in [2.24, 2.45) is 0 Å². The molecule has 0 aliphatic rings. The summed E-state index contributed by atoms with van der Waals surface area (Å²) >= 11 is 0. The van der Waals surface area contributed by atoms with Gasteiger partial charge in [-0.3, -0.25) is 9.89 Å². The minimum absolute atomic E-state index is 0.162. The Morgan fingerprint density at radius 3 is 3.00 bits per heavy atom. The molecule has 0 aliphatic carbocycles. The molecule has 0 bridgehead atoms. The average molecular weight is 259 g/mol. The van der Waals surface area contributed by atoms with Gasteiger partial charge >= 0.3 is 0 Å². The van der Waals surface area contributed by atoms with E-state index in [1.54, 1.807) is 0 Å². The predicted octanol–water partition coefficient (Wildman–Crippen LogP) is 1.14. The molecular formula is C13H10FN3O2. The van der Waals surface area contributed by atoms with Crippen LogP contribution in [0.25, 0.3) is 0 Å². The van der Waals surface area contributed by atoms with Crippen LogP contribution in [0.5, 0.6) is 0 Å². The Hall–Kier alpha value is -2.65. The number of aliphatic hydroxyl groups is 1. The fraction of sp³-hybridized carbons (Fsp3) is 0.0769. The van der Waals surface area contributed by atoms with E-state index in [0.29, 0.717) is 11.3 Å². The Labute approximate surface area is 108 Å². The van der Waals surface area contributed by atoms with Gasteiger partial charge in [0, 0.05) is 11.9 Å². The van der Waals surface area contributed by atoms with Crippen LogP contribution in [0.4, 0.5) is 10.1 Å². The van der Waals surface area contributed by atoms with E-state index in [2.05, 4.69) is 27.4 Å². The van der Waals surface area contributed by atoms with E-state index in [0.717, 1.165) is 0 Å². The first kappa shape index (κ1) is 12.8. The van der Waals surface area contributed by atoms with Gasteiger partial charge in [0.2, 0.25) is 0 Å². The molecule has 1 amide bonds. The van der Waals surface area contributed by atoms with Gasteiger partial charge in [-0.1, -0.05) is 11.8 Å². The molecular weight excluding hydrogens is 249 g/mol. The van der Waals surface area contributed by atoms with Crippen LogP contribution in [0, 0.1) is 17.7 Å². The number of aromatic nitrogens is 2. The number of anilines is 1. The molecule has 3 N–H and O–H groups in total. The average Bonchev–Trinajstić information content (AvgIpc) is 2.92. The number of rotatable bonds is 2. The second kappa shape index (κ2) is 5.80. The normalized spacial score (nSPS) is 9.58. The SMILES string of the molecule is O=C(Nc1ccc(C#CCO)c(F)c1)c1cn[nH]c1. The molecule has 0 fully saturated rings. The van der Waals surface area contributed by atoms with Crippen molar-refractivity contribution in [3.8, 4) is 11.8 Å². The van der Waals surface area contributed by atoms with E-state index < -0.39 is 5.82 Å². The standard InChI is InChI=1S/C13H10FN3O2/c14-12-6-11(4-3-9(12)2-1-5-18)17-13(19)10-7-15-16-8-10/h3-4,6-8,18H,5H2,(H,15,16)(H,17,19). The number of H-pyrrole nitrogens is 1. The number of aliphatic hydroxyl groups excluding tert-OH is 1. The van der Waals surface area contributed by atoms with Crippen molar-refractivity contribution < 1.29 is 14.3 Å². The highest BCUT2D eigenvalue weighted by atomic mass is 19.1. The molecule has 19 heavy (non-hydrogen) atoms. The molecule has 1 heterocycles. The number of carbonyl (C=O) groups excluding carboxylic acids is 1. The second-order valence-electron chi connectivity index (χ2n) is 3.60. The van der Waals surface area contributed by atoms with E-state index in [4.69, 9.17) is 5.11 Å². The van der Waals surface area contributed by atoms with Crippen molar-refractivity contribution in [1.82, 2.24) is 10.2 Å². The van der Waals surface area contributed by atoms with Crippen LogP contribution in [0.2, 0.25) is 0 Å². The van der Waals surface area contributed by atoms with Crippen LogP contribution >= 0.6 is 0 Å². The van der Waals surface area contributed by atoms with E-state index in [9.17, 15) is 9.18 Å². The van der Waals surface area contributed by atoms with Crippen molar-refractivity contribution in [2.75, 3.05) is 11.9 Å². The number of amides is 1. The molecule has 0 saturated heterocycles. The highest BCUT2D eigenvalue weighted by Gasteiger charge is 2.08. The maximum absolute atomic E-state index is 13.6. The fourth-order valence-corrected chi connectivity index (χ4v) is 1.41. The van der Waals surface area contributed by atoms with Gasteiger partial charge in [0.1, 0.15) is 12.4 Å². The Balaban J connectivity index is 2.14. The molecule has 2 aromatic rings. The Morgan fingerprint density at radius 2 is 2.37 bits per heavy atom. The third-order valence-electron chi connectivity index (χ3n) is 2.29. The summed E-state index contributed by atoms with van der Waals surface area (Å²) in [6.45, 7) is -0.335. The molecule has 0 aliphatic heterocycles. The van der Waals surface area contributed by atoms with Gasteiger partial charge in [-0.05, 0) is 18.2 Å². The number of nitrogens with one attached hydrogen (secondary N) is 2. The summed E-state index contributed by atoms with van der Waals surface area (Å²) in [5, 5.41) is 17.2. The minimum atomic E-state index is -0.564. The van der Waals surface area contributed by atoms with Crippen LogP contribution in [0.15, 0.2) is 30.6 Å². The maximum Gasteiger partial charge on any atom is 0.258 e. The van der Waals surface area contributed by atoms with Gasteiger partial charge in [-0.25, -0.2) is 4.39 Å². The number of halogens is 1. The van der Waals surface area contributed by atoms with E-state index in [1.165, 1.54) is 30.6 Å². The summed E-state index contributed by atoms with van der Waals surface area (Å²) in [5.41, 5.74) is 0.832. The highest BCUT2D eigenvalue weighted by Crippen LogP contribution is 2.14. The van der Waals surface area contributed by atoms with Crippen LogP contribution in [0.1, 0.15) is 15.9 Å². The van der Waals surface area contributed by atoms with E-state index >= 15 is 0 Å². The molecule has 0 saturated carbocycles. The number of aromatic amines is 1. The lowest BCUT2D eigenvalue weighted by Gasteiger charge is -2.04. The van der Waals surface area contributed by atoms with Gasteiger partial charge in [-0.2, -0.15) is 5.10 Å². The summed E-state index contributed by atoms with van der Waals surface area (Å²) in [6, 6.07) is 4.13. The van der Waals surface area contributed by atoms with Crippen molar-refractivity contribution in [3.05, 3.63) is 47.5 Å². The van der Waals surface area contributed by atoms with Gasteiger partial charge in [0.25, 0.3) is 5.91 Å². The summed E-state index contributed by atoms with van der Waals surface area (Å²) in [7, 11) is 0. The topological polar surface area (TPSA) is 78.0 Å². The van der Waals surface area contributed by atoms with Crippen molar-refractivity contribution in [1.29, 1.82) is 0 Å². The molecule has 96 valence electrons. The first-order chi connectivity index (χ1) is 9.20. The smallest absolute Gasteiger partial charge is 0.258 e. The lowest BCUT2D eigenvalue weighted by atomic mass is 10.2. The zero-order valence-corrected chi connectivity index (χ0v) is 9.77. The maximum atomic E-state index is 13.6. The zero-order valence-electron chi connectivity index (χ0n) is 9.77. The lowest BCUT2D eigenvalue weighted by molar-refractivity contribution is 0.102. The van der Waals surface area contributed by atoms with Crippen molar-refractivity contribution >= 4 is 11.6 Å². The fourth-order valence-electron chi connectivity index (χ4n) is 1.41. The molecule has 0 atom stereocenters. The molecule has 0 unspecified atom stereocenters. The highest BCUT2D eigenvalue weighted by molar-refractivity contribution is 6.03. The van der Waals surface area contributed by atoms with E-state index in [1.807, 2.05) is 0 Å². The molecule has 1 aromatic carbocycles. The Bertz CT molecular complexity index is 642. The number of carbonyl (C=O) groups is 1. The third-order valence-corrected chi connectivity index (χ3v) is 2.29. The Kier molecular flexibility index (Phi) is 3.90. The monoisotopic (exact) mass is 259 g/mol. The third kappa shape index (κ3) is 3.18. The number of hydrogen-bond acceptors (Lipinski definition) is 3. The molecule has 1 aromatic heterocycles. The van der Waals surface area contributed by atoms with Crippen molar-refractivity contribution in [3.63, 3.8) is 0 Å². The Morgan fingerprint density at radius 1 is 1.53 bits per heavy atom. The van der Waals surface area contributed by atoms with Crippen LogP contribution in [0.3, 0.4) is 0 Å². The molecule has 2 rings (SSSR count). The second-order valence-corrected chi connectivity index (χ2v) is 3.60. The lowest BCUT2D eigenvalue weighted by Crippen LogP contribution is -2.11. The first-order valence-corrected chi connectivity index (χ1v) is 5.40. The summed E-state index contributed by atoms with van der Waals surface area (Å²) in [6.07, 6.45) is 2.81.